The summed E-state index contributed by atoms with van der Waals surface area (Å²) in [7, 11) is 1.92. The number of aromatic amines is 1. The number of carbonyl (C=O) groups excluding carboxylic acids is 1. The van der Waals surface area contributed by atoms with Crippen LogP contribution in [0.3, 0.4) is 0 Å². The lowest BCUT2D eigenvalue weighted by Crippen LogP contribution is -2.31. The third kappa shape index (κ3) is 4.88. The fourth-order valence-electron chi connectivity index (χ4n) is 3.96. The van der Waals surface area contributed by atoms with Crippen LogP contribution in [0, 0.1) is 6.92 Å². The van der Waals surface area contributed by atoms with E-state index in [9.17, 15) is 4.79 Å². The molecule has 0 radical (unpaired) electrons. The van der Waals surface area contributed by atoms with E-state index in [0.29, 0.717) is 18.2 Å². The van der Waals surface area contributed by atoms with Gasteiger partial charge in [0.2, 0.25) is 5.95 Å². The highest BCUT2D eigenvalue weighted by Gasteiger charge is 2.18. The molecule has 4 aromatic rings. The highest BCUT2D eigenvalue weighted by molar-refractivity contribution is 5.99. The first-order valence-electron chi connectivity index (χ1n) is 10.7. The Balaban J connectivity index is 0.00000259. The predicted molar refractivity (Wildman–Crippen MR) is 129 cm³/mol. The van der Waals surface area contributed by atoms with Crippen molar-refractivity contribution in [3.05, 3.63) is 54.2 Å². The standard InChI is InChI=1S/C23H25N7O2.CH4/c1-14-8-16(27-23-24-6-5-18(29-23)20-12-30(2)13-26-20)9-15-10-19(28-21(14)15)22(31)25-11-17-4-3-7-32-17;/h5-6,8-10,12-13,17,28H,3-4,7,11H2,1-2H3,(H,25,31)(H,24,27,29);1H4/t17-;/m1./s1. The zero-order valence-corrected chi connectivity index (χ0v) is 18.1. The van der Waals surface area contributed by atoms with Crippen LogP contribution in [0.25, 0.3) is 22.3 Å². The van der Waals surface area contributed by atoms with Crippen molar-refractivity contribution in [1.82, 2.24) is 29.8 Å². The van der Waals surface area contributed by atoms with E-state index in [1.807, 2.05) is 49.0 Å². The zero-order chi connectivity index (χ0) is 22.1. The van der Waals surface area contributed by atoms with Crippen LogP contribution >= 0.6 is 0 Å². The number of aryl methyl sites for hydroxylation is 2. The minimum absolute atomic E-state index is 0. The third-order valence-electron chi connectivity index (χ3n) is 5.56. The summed E-state index contributed by atoms with van der Waals surface area (Å²) in [5.41, 5.74) is 4.86. The second-order valence-electron chi connectivity index (χ2n) is 8.10. The summed E-state index contributed by atoms with van der Waals surface area (Å²) in [6.07, 6.45) is 7.51. The molecule has 5 rings (SSSR count). The fraction of sp³-hybridized carbons (Fsp3) is 0.333. The molecular weight excluding hydrogens is 418 g/mol. The van der Waals surface area contributed by atoms with Crippen molar-refractivity contribution in [1.29, 1.82) is 0 Å². The molecule has 0 saturated carbocycles. The van der Waals surface area contributed by atoms with Gasteiger partial charge in [-0.05, 0) is 49.6 Å². The van der Waals surface area contributed by atoms with Gasteiger partial charge in [0.15, 0.2) is 0 Å². The number of H-pyrrole nitrogens is 1. The smallest absolute Gasteiger partial charge is 0.267 e. The number of aromatic nitrogens is 5. The van der Waals surface area contributed by atoms with Crippen molar-refractivity contribution in [3.8, 4) is 11.4 Å². The molecule has 0 spiro atoms. The van der Waals surface area contributed by atoms with E-state index in [1.54, 1.807) is 12.5 Å². The molecule has 1 aliphatic rings. The van der Waals surface area contributed by atoms with Crippen LogP contribution in [0.2, 0.25) is 0 Å². The Morgan fingerprint density at radius 3 is 2.91 bits per heavy atom. The molecule has 0 bridgehead atoms. The van der Waals surface area contributed by atoms with E-state index in [0.717, 1.165) is 53.0 Å². The van der Waals surface area contributed by atoms with E-state index < -0.39 is 0 Å². The van der Waals surface area contributed by atoms with Gasteiger partial charge in [0.25, 0.3) is 5.91 Å². The number of carbonyl (C=O) groups is 1. The number of nitrogens with one attached hydrogen (secondary N) is 3. The fourth-order valence-corrected chi connectivity index (χ4v) is 3.96. The van der Waals surface area contributed by atoms with Crippen LogP contribution in [0.1, 0.15) is 36.3 Å². The summed E-state index contributed by atoms with van der Waals surface area (Å²) in [5, 5.41) is 7.17. The van der Waals surface area contributed by atoms with E-state index >= 15 is 0 Å². The maximum absolute atomic E-state index is 12.6. The van der Waals surface area contributed by atoms with Gasteiger partial charge in [-0.3, -0.25) is 4.79 Å². The number of hydrogen-bond acceptors (Lipinski definition) is 6. The minimum Gasteiger partial charge on any atom is -0.376 e. The largest absolute Gasteiger partial charge is 0.376 e. The van der Waals surface area contributed by atoms with Crippen LogP contribution in [-0.2, 0) is 11.8 Å². The number of benzene rings is 1. The second-order valence-corrected chi connectivity index (χ2v) is 8.10. The molecule has 0 unspecified atom stereocenters. The Morgan fingerprint density at radius 2 is 2.15 bits per heavy atom. The van der Waals surface area contributed by atoms with E-state index in [2.05, 4.69) is 30.6 Å². The molecule has 1 amide bonds. The number of anilines is 2. The van der Waals surface area contributed by atoms with Crippen molar-refractivity contribution < 1.29 is 9.53 Å². The molecule has 9 heteroatoms. The van der Waals surface area contributed by atoms with Crippen LogP contribution in [0.4, 0.5) is 11.6 Å². The lowest BCUT2D eigenvalue weighted by Gasteiger charge is -2.09. The number of ether oxygens (including phenoxy) is 1. The van der Waals surface area contributed by atoms with E-state index in [1.165, 1.54) is 0 Å². The Kier molecular flexibility index (Phi) is 6.41. The molecule has 33 heavy (non-hydrogen) atoms. The number of imidazole rings is 1. The summed E-state index contributed by atoms with van der Waals surface area (Å²) >= 11 is 0. The van der Waals surface area contributed by atoms with Crippen molar-refractivity contribution >= 4 is 28.4 Å². The Morgan fingerprint density at radius 1 is 1.27 bits per heavy atom. The molecule has 9 nitrogen and oxygen atoms in total. The van der Waals surface area contributed by atoms with Crippen LogP contribution in [0.5, 0.6) is 0 Å². The minimum atomic E-state index is -0.128. The maximum atomic E-state index is 12.6. The predicted octanol–water partition coefficient (Wildman–Crippen LogP) is 3.96. The molecule has 1 atom stereocenters. The van der Waals surface area contributed by atoms with Gasteiger partial charge >= 0.3 is 0 Å². The monoisotopic (exact) mass is 447 g/mol. The normalized spacial score (nSPS) is 15.4. The topological polar surface area (TPSA) is 110 Å². The average Bonchev–Trinajstić information content (AvgIpc) is 3.53. The average molecular weight is 448 g/mol. The van der Waals surface area contributed by atoms with Gasteiger partial charge in [0.1, 0.15) is 11.4 Å². The quantitative estimate of drug-likeness (QED) is 0.413. The molecule has 3 aromatic heterocycles. The molecule has 172 valence electrons. The lowest BCUT2D eigenvalue weighted by atomic mass is 10.1. The van der Waals surface area contributed by atoms with Gasteiger partial charge in [0.05, 0.1) is 18.1 Å². The van der Waals surface area contributed by atoms with Crippen molar-refractivity contribution in [2.45, 2.75) is 33.3 Å². The van der Waals surface area contributed by atoms with Crippen molar-refractivity contribution in [2.24, 2.45) is 7.05 Å². The first kappa shape index (κ1) is 22.5. The van der Waals surface area contributed by atoms with Gasteiger partial charge < -0.3 is 24.9 Å². The molecule has 0 aliphatic carbocycles. The molecular formula is C24H29N7O2. The molecule has 1 saturated heterocycles. The van der Waals surface area contributed by atoms with Crippen molar-refractivity contribution in [2.75, 3.05) is 18.5 Å². The number of rotatable bonds is 6. The Bertz CT molecular complexity index is 1270. The maximum Gasteiger partial charge on any atom is 0.267 e. The molecule has 1 aliphatic heterocycles. The number of amides is 1. The summed E-state index contributed by atoms with van der Waals surface area (Å²) in [6.45, 7) is 3.31. The lowest BCUT2D eigenvalue weighted by molar-refractivity contribution is 0.0854. The van der Waals surface area contributed by atoms with Crippen molar-refractivity contribution in [3.63, 3.8) is 0 Å². The first-order valence-corrected chi connectivity index (χ1v) is 10.7. The number of fused-ring (bicyclic) bond motifs is 1. The zero-order valence-electron chi connectivity index (χ0n) is 18.1. The second kappa shape index (κ2) is 9.41. The highest BCUT2D eigenvalue weighted by atomic mass is 16.5. The van der Waals surface area contributed by atoms with E-state index in [-0.39, 0.29) is 19.4 Å². The number of hydrogen-bond donors (Lipinski definition) is 3. The summed E-state index contributed by atoms with van der Waals surface area (Å²) in [6, 6.07) is 7.68. The number of nitrogens with zero attached hydrogens (tertiary/aromatic N) is 4. The van der Waals surface area contributed by atoms with Crippen LogP contribution < -0.4 is 10.6 Å². The van der Waals surface area contributed by atoms with E-state index in [4.69, 9.17) is 4.74 Å². The third-order valence-corrected chi connectivity index (χ3v) is 5.56. The molecule has 3 N–H and O–H groups in total. The summed E-state index contributed by atoms with van der Waals surface area (Å²) in [5.74, 6) is 0.356. The molecule has 1 aromatic carbocycles. The molecule has 4 heterocycles. The van der Waals surface area contributed by atoms with Crippen LogP contribution in [0.15, 0.2) is 43.0 Å². The van der Waals surface area contributed by atoms with Gasteiger partial charge in [0, 0.05) is 49.2 Å². The van der Waals surface area contributed by atoms with Gasteiger partial charge in [-0.15, -0.1) is 0 Å². The van der Waals surface area contributed by atoms with Gasteiger partial charge in [-0.1, -0.05) is 7.43 Å². The Labute approximate surface area is 192 Å². The summed E-state index contributed by atoms with van der Waals surface area (Å²) in [4.78, 5) is 29.1. The van der Waals surface area contributed by atoms with Gasteiger partial charge in [-0.25, -0.2) is 15.0 Å². The SMILES string of the molecule is C.Cc1cc(Nc2nccc(-c3cn(C)cn3)n2)cc2cc(C(=O)NC[C@H]3CCCO3)[nH]c12. The van der Waals surface area contributed by atoms with Crippen LogP contribution in [-0.4, -0.2) is 49.7 Å². The highest BCUT2D eigenvalue weighted by Crippen LogP contribution is 2.26. The van der Waals surface area contributed by atoms with Gasteiger partial charge in [-0.2, -0.15) is 0 Å². The Hall–Kier alpha value is -3.72. The summed E-state index contributed by atoms with van der Waals surface area (Å²) < 4.78 is 7.45. The first-order chi connectivity index (χ1) is 15.5. The molecule has 1 fully saturated rings.